The highest BCUT2D eigenvalue weighted by Crippen LogP contribution is 2.55. The van der Waals surface area contributed by atoms with E-state index in [2.05, 4.69) is 10.6 Å². The first-order valence-corrected chi connectivity index (χ1v) is 9.37. The third-order valence-corrected chi connectivity index (χ3v) is 6.16. The minimum Gasteiger partial charge on any atom is -0.343 e. The van der Waals surface area contributed by atoms with Crippen LogP contribution in [0.4, 0.5) is 4.79 Å². The van der Waals surface area contributed by atoms with Gasteiger partial charge in [-0.25, -0.2) is 4.79 Å². The van der Waals surface area contributed by atoms with E-state index < -0.39 is 0 Å². The van der Waals surface area contributed by atoms with Gasteiger partial charge in [0.05, 0.1) is 0 Å². The standard InChI is InChI=1S/C18H31N3O2/c1-3-21(4-2)16(22)5-6-19-17(23)20-18-10-13-7-14(11-18)9-15(8-13)12-18/h13-15H,3-12H2,1-2H3,(H2,19,20,23). The molecule has 0 atom stereocenters. The molecule has 130 valence electrons. The molecule has 4 saturated carbocycles. The van der Waals surface area contributed by atoms with Gasteiger partial charge in [-0.1, -0.05) is 0 Å². The monoisotopic (exact) mass is 321 g/mol. The smallest absolute Gasteiger partial charge is 0.315 e. The number of hydrogen-bond donors (Lipinski definition) is 2. The number of nitrogens with zero attached hydrogens (tertiary/aromatic N) is 1. The van der Waals surface area contributed by atoms with Crippen LogP contribution in [0.1, 0.15) is 58.8 Å². The minimum absolute atomic E-state index is 0.0434. The maximum Gasteiger partial charge on any atom is 0.315 e. The van der Waals surface area contributed by atoms with Gasteiger partial charge in [0, 0.05) is 31.6 Å². The van der Waals surface area contributed by atoms with Gasteiger partial charge in [-0.15, -0.1) is 0 Å². The molecular weight excluding hydrogens is 290 g/mol. The molecule has 4 bridgehead atoms. The van der Waals surface area contributed by atoms with Crippen molar-refractivity contribution in [3.63, 3.8) is 0 Å². The zero-order valence-corrected chi connectivity index (χ0v) is 14.6. The number of urea groups is 1. The number of carbonyl (C=O) groups excluding carboxylic acids is 2. The Morgan fingerprint density at radius 1 is 1.00 bits per heavy atom. The Labute approximate surface area is 139 Å². The van der Waals surface area contributed by atoms with Gasteiger partial charge in [-0.2, -0.15) is 0 Å². The van der Waals surface area contributed by atoms with Gasteiger partial charge in [0.1, 0.15) is 0 Å². The molecule has 5 heteroatoms. The van der Waals surface area contributed by atoms with Crippen molar-refractivity contribution in [1.82, 2.24) is 15.5 Å². The van der Waals surface area contributed by atoms with Crippen LogP contribution in [-0.2, 0) is 4.79 Å². The number of hydrogen-bond acceptors (Lipinski definition) is 2. The van der Waals surface area contributed by atoms with Crippen LogP contribution in [0.2, 0.25) is 0 Å². The van der Waals surface area contributed by atoms with Crippen LogP contribution in [0, 0.1) is 17.8 Å². The average Bonchev–Trinajstić information content (AvgIpc) is 2.46. The highest BCUT2D eigenvalue weighted by atomic mass is 16.2. The molecule has 5 nitrogen and oxygen atoms in total. The van der Waals surface area contributed by atoms with Crippen molar-refractivity contribution in [3.05, 3.63) is 0 Å². The third-order valence-electron chi connectivity index (χ3n) is 6.16. The molecule has 0 saturated heterocycles. The van der Waals surface area contributed by atoms with Crippen LogP contribution in [0.25, 0.3) is 0 Å². The molecule has 0 unspecified atom stereocenters. The fourth-order valence-corrected chi connectivity index (χ4v) is 5.57. The zero-order valence-electron chi connectivity index (χ0n) is 14.6. The molecule has 3 amide bonds. The van der Waals surface area contributed by atoms with Crippen molar-refractivity contribution < 1.29 is 9.59 Å². The molecule has 0 spiro atoms. The predicted octanol–water partition coefficient (Wildman–Crippen LogP) is 2.51. The highest BCUT2D eigenvalue weighted by Gasteiger charge is 2.51. The van der Waals surface area contributed by atoms with Gasteiger partial charge in [0.25, 0.3) is 0 Å². The van der Waals surface area contributed by atoms with Gasteiger partial charge >= 0.3 is 6.03 Å². The van der Waals surface area contributed by atoms with Crippen molar-refractivity contribution in [3.8, 4) is 0 Å². The molecule has 23 heavy (non-hydrogen) atoms. The maximum atomic E-state index is 12.3. The molecule has 4 aliphatic rings. The Morgan fingerprint density at radius 2 is 1.52 bits per heavy atom. The number of nitrogens with one attached hydrogen (secondary N) is 2. The number of carbonyl (C=O) groups is 2. The van der Waals surface area contributed by atoms with E-state index in [0.29, 0.717) is 13.0 Å². The summed E-state index contributed by atoms with van der Waals surface area (Å²) in [5.41, 5.74) is 0.0434. The lowest BCUT2D eigenvalue weighted by Crippen LogP contribution is -2.61. The SMILES string of the molecule is CCN(CC)C(=O)CCNC(=O)NC12CC3CC(CC(C3)C1)C2. The van der Waals surface area contributed by atoms with Crippen molar-refractivity contribution >= 4 is 11.9 Å². The first-order chi connectivity index (χ1) is 11.0. The van der Waals surface area contributed by atoms with Crippen LogP contribution >= 0.6 is 0 Å². The molecular formula is C18H31N3O2. The molecule has 4 aliphatic carbocycles. The van der Waals surface area contributed by atoms with Crippen molar-refractivity contribution in [2.75, 3.05) is 19.6 Å². The van der Waals surface area contributed by atoms with Crippen LogP contribution in [0.5, 0.6) is 0 Å². The molecule has 4 rings (SSSR count). The third kappa shape index (κ3) is 3.64. The van der Waals surface area contributed by atoms with Crippen LogP contribution in [-0.4, -0.2) is 42.0 Å². The molecule has 4 fully saturated rings. The molecule has 0 radical (unpaired) electrons. The largest absolute Gasteiger partial charge is 0.343 e. The van der Waals surface area contributed by atoms with E-state index in [1.165, 1.54) is 19.3 Å². The molecule has 0 aromatic carbocycles. The summed E-state index contributed by atoms with van der Waals surface area (Å²) in [5.74, 6) is 2.59. The Hall–Kier alpha value is -1.26. The second-order valence-electron chi connectivity index (χ2n) is 7.89. The summed E-state index contributed by atoms with van der Waals surface area (Å²) in [6.07, 6.45) is 7.99. The van der Waals surface area contributed by atoms with Crippen LogP contribution < -0.4 is 10.6 Å². The fraction of sp³-hybridized carbons (Fsp3) is 0.889. The molecule has 0 aliphatic heterocycles. The van der Waals surface area contributed by atoms with E-state index in [1.54, 1.807) is 4.90 Å². The van der Waals surface area contributed by atoms with Gasteiger partial charge in [0.15, 0.2) is 0 Å². The lowest BCUT2D eigenvalue weighted by molar-refractivity contribution is -0.130. The van der Waals surface area contributed by atoms with Gasteiger partial charge in [0.2, 0.25) is 5.91 Å². The predicted molar refractivity (Wildman–Crippen MR) is 90.0 cm³/mol. The van der Waals surface area contributed by atoms with Crippen molar-refractivity contribution in [2.24, 2.45) is 17.8 Å². The summed E-state index contributed by atoms with van der Waals surface area (Å²) in [6, 6.07) is -0.0840. The first kappa shape index (κ1) is 16.6. The minimum atomic E-state index is -0.0840. The van der Waals surface area contributed by atoms with Crippen molar-refractivity contribution in [1.29, 1.82) is 0 Å². The molecule has 0 heterocycles. The summed E-state index contributed by atoms with van der Waals surface area (Å²) < 4.78 is 0. The summed E-state index contributed by atoms with van der Waals surface area (Å²) in [6.45, 7) is 5.85. The second-order valence-corrected chi connectivity index (χ2v) is 7.89. The van der Waals surface area contributed by atoms with E-state index in [1.807, 2.05) is 13.8 Å². The summed E-state index contributed by atoms with van der Waals surface area (Å²) >= 11 is 0. The Bertz CT molecular complexity index is 424. The van der Waals surface area contributed by atoms with E-state index in [9.17, 15) is 9.59 Å². The van der Waals surface area contributed by atoms with Crippen LogP contribution in [0.15, 0.2) is 0 Å². The quantitative estimate of drug-likeness (QED) is 0.789. The Morgan fingerprint density at radius 3 is 2.00 bits per heavy atom. The number of amides is 3. The fourth-order valence-electron chi connectivity index (χ4n) is 5.57. The topological polar surface area (TPSA) is 61.4 Å². The van der Waals surface area contributed by atoms with E-state index in [-0.39, 0.29) is 17.5 Å². The van der Waals surface area contributed by atoms with Gasteiger partial charge in [-0.3, -0.25) is 4.79 Å². The molecule has 0 aromatic rings. The van der Waals surface area contributed by atoms with Gasteiger partial charge in [-0.05, 0) is 70.1 Å². The normalized spacial score (nSPS) is 34.3. The molecule has 2 N–H and O–H groups in total. The zero-order chi connectivity index (χ0) is 16.4. The lowest BCUT2D eigenvalue weighted by atomic mass is 9.53. The summed E-state index contributed by atoms with van der Waals surface area (Å²) in [7, 11) is 0. The number of rotatable bonds is 6. The molecule has 0 aromatic heterocycles. The maximum absolute atomic E-state index is 12.3. The Kier molecular flexibility index (Phi) is 4.83. The van der Waals surface area contributed by atoms with E-state index >= 15 is 0 Å². The average molecular weight is 321 g/mol. The summed E-state index contributed by atoms with van der Waals surface area (Å²) in [4.78, 5) is 26.0. The highest BCUT2D eigenvalue weighted by molar-refractivity contribution is 5.78. The summed E-state index contributed by atoms with van der Waals surface area (Å²) in [5, 5.41) is 6.17. The first-order valence-electron chi connectivity index (χ1n) is 9.37. The lowest BCUT2D eigenvalue weighted by Gasteiger charge is -2.56. The second kappa shape index (κ2) is 6.70. The van der Waals surface area contributed by atoms with Crippen LogP contribution in [0.3, 0.4) is 0 Å². The van der Waals surface area contributed by atoms with E-state index in [4.69, 9.17) is 0 Å². The Balaban J connectivity index is 1.44. The van der Waals surface area contributed by atoms with E-state index in [0.717, 1.165) is 50.1 Å². The van der Waals surface area contributed by atoms with Gasteiger partial charge < -0.3 is 15.5 Å². The van der Waals surface area contributed by atoms with Crippen molar-refractivity contribution in [2.45, 2.75) is 64.3 Å².